The number of hydrogen-bond acceptors (Lipinski definition) is 5. The van der Waals surface area contributed by atoms with Gasteiger partial charge in [-0.25, -0.2) is 4.98 Å². The second-order valence-electron chi connectivity index (χ2n) is 6.17. The standard InChI is InChI=1S/C18H11BrF3N5O2S/c19-11-7-30-17(14(11)16-23-8-24-26-16)25-12(28)6-27-13(29)5-4-9-2-1-3-10(15(9)27)18(20,21)22/h1-5,7-8H,6H2,(H,25,28)(H,23,24,26). The van der Waals surface area contributed by atoms with Gasteiger partial charge in [0.15, 0.2) is 5.82 Å². The number of aromatic amines is 1. The molecule has 4 aromatic rings. The van der Waals surface area contributed by atoms with Crippen molar-refractivity contribution in [3.63, 3.8) is 0 Å². The molecule has 0 radical (unpaired) electrons. The third kappa shape index (κ3) is 3.75. The first-order chi connectivity index (χ1) is 14.3. The number of alkyl halides is 3. The van der Waals surface area contributed by atoms with Crippen LogP contribution in [-0.4, -0.2) is 25.7 Å². The molecule has 4 rings (SSSR count). The quantitative estimate of drug-likeness (QED) is 0.440. The van der Waals surface area contributed by atoms with Gasteiger partial charge >= 0.3 is 6.18 Å². The summed E-state index contributed by atoms with van der Waals surface area (Å²) in [5, 5.41) is 11.4. The Morgan fingerprint density at radius 3 is 2.77 bits per heavy atom. The number of amides is 1. The molecule has 3 heterocycles. The van der Waals surface area contributed by atoms with Crippen molar-refractivity contribution in [2.75, 3.05) is 5.32 Å². The first-order valence-electron chi connectivity index (χ1n) is 8.38. The largest absolute Gasteiger partial charge is 0.418 e. The highest BCUT2D eigenvalue weighted by atomic mass is 79.9. The van der Waals surface area contributed by atoms with E-state index < -0.39 is 29.8 Å². The summed E-state index contributed by atoms with van der Waals surface area (Å²) in [7, 11) is 0. The number of rotatable bonds is 4. The van der Waals surface area contributed by atoms with Crippen LogP contribution in [0.3, 0.4) is 0 Å². The molecule has 0 unspecified atom stereocenters. The number of aromatic nitrogens is 4. The molecule has 0 saturated heterocycles. The predicted molar refractivity (Wildman–Crippen MR) is 109 cm³/mol. The van der Waals surface area contributed by atoms with Gasteiger partial charge in [0.2, 0.25) is 5.91 Å². The van der Waals surface area contributed by atoms with Crippen LogP contribution in [0.4, 0.5) is 18.2 Å². The summed E-state index contributed by atoms with van der Waals surface area (Å²) < 4.78 is 41.9. The van der Waals surface area contributed by atoms with Gasteiger partial charge in [-0.2, -0.15) is 18.3 Å². The van der Waals surface area contributed by atoms with E-state index in [1.54, 1.807) is 5.38 Å². The number of pyridine rings is 1. The summed E-state index contributed by atoms with van der Waals surface area (Å²) in [6.45, 7) is -0.589. The van der Waals surface area contributed by atoms with Gasteiger partial charge in [-0.05, 0) is 33.4 Å². The predicted octanol–water partition coefficient (Wildman–Crippen LogP) is 4.27. The van der Waals surface area contributed by atoms with Crippen molar-refractivity contribution < 1.29 is 18.0 Å². The molecule has 0 bridgehead atoms. The molecule has 154 valence electrons. The SMILES string of the molecule is O=C(Cn1c(=O)ccc2cccc(C(F)(F)F)c21)Nc1scc(Br)c1-c1ncn[nH]1. The molecule has 1 aromatic carbocycles. The second kappa shape index (κ2) is 7.69. The summed E-state index contributed by atoms with van der Waals surface area (Å²) in [4.78, 5) is 29.1. The van der Waals surface area contributed by atoms with Gasteiger partial charge in [0.1, 0.15) is 17.9 Å². The lowest BCUT2D eigenvalue weighted by Crippen LogP contribution is -2.28. The van der Waals surface area contributed by atoms with E-state index in [4.69, 9.17) is 0 Å². The zero-order valence-corrected chi connectivity index (χ0v) is 17.2. The first kappa shape index (κ1) is 20.3. The molecule has 2 N–H and O–H groups in total. The molecular weight excluding hydrogens is 487 g/mol. The minimum absolute atomic E-state index is 0.207. The Labute approximate surface area is 178 Å². The number of thiophene rings is 1. The van der Waals surface area contributed by atoms with Gasteiger partial charge in [-0.15, -0.1) is 11.3 Å². The first-order valence-corrected chi connectivity index (χ1v) is 10.1. The van der Waals surface area contributed by atoms with Gasteiger partial charge in [-0.3, -0.25) is 19.3 Å². The molecular formula is C18H11BrF3N5O2S. The fraction of sp³-hybridized carbons (Fsp3) is 0.111. The van der Waals surface area contributed by atoms with E-state index in [1.807, 2.05) is 0 Å². The highest BCUT2D eigenvalue weighted by Gasteiger charge is 2.34. The second-order valence-corrected chi connectivity index (χ2v) is 7.90. The Balaban J connectivity index is 1.72. The number of anilines is 1. The van der Waals surface area contributed by atoms with E-state index in [0.29, 0.717) is 20.9 Å². The van der Waals surface area contributed by atoms with Crippen LogP contribution in [-0.2, 0) is 17.5 Å². The van der Waals surface area contributed by atoms with Crippen molar-refractivity contribution >= 4 is 49.1 Å². The van der Waals surface area contributed by atoms with Crippen molar-refractivity contribution in [2.45, 2.75) is 12.7 Å². The van der Waals surface area contributed by atoms with Crippen LogP contribution in [0.25, 0.3) is 22.3 Å². The number of fused-ring (bicyclic) bond motifs is 1. The maximum Gasteiger partial charge on any atom is 0.418 e. The van der Waals surface area contributed by atoms with Crippen LogP contribution < -0.4 is 10.9 Å². The Morgan fingerprint density at radius 1 is 1.27 bits per heavy atom. The van der Waals surface area contributed by atoms with Crippen LogP contribution in [0.1, 0.15) is 5.56 Å². The fourth-order valence-electron chi connectivity index (χ4n) is 3.03. The number of carbonyl (C=O) groups excluding carboxylic acids is 1. The van der Waals surface area contributed by atoms with Crippen LogP contribution in [0, 0.1) is 0 Å². The van der Waals surface area contributed by atoms with Crippen molar-refractivity contribution in [1.29, 1.82) is 0 Å². The molecule has 0 aliphatic carbocycles. The number of H-pyrrole nitrogens is 1. The summed E-state index contributed by atoms with van der Waals surface area (Å²) in [6, 6.07) is 6.04. The molecule has 12 heteroatoms. The number of halogens is 4. The van der Waals surface area contributed by atoms with Gasteiger partial charge < -0.3 is 5.32 Å². The highest BCUT2D eigenvalue weighted by Crippen LogP contribution is 2.39. The van der Waals surface area contributed by atoms with Crippen LogP contribution >= 0.6 is 27.3 Å². The van der Waals surface area contributed by atoms with Crippen LogP contribution in [0.5, 0.6) is 0 Å². The summed E-state index contributed by atoms with van der Waals surface area (Å²) >= 11 is 4.56. The van der Waals surface area contributed by atoms with Crippen molar-refractivity contribution in [1.82, 2.24) is 19.7 Å². The van der Waals surface area contributed by atoms with Gasteiger partial charge in [0.05, 0.1) is 16.6 Å². The maximum atomic E-state index is 13.5. The van der Waals surface area contributed by atoms with Gasteiger partial charge in [0, 0.05) is 15.9 Å². The third-order valence-electron chi connectivity index (χ3n) is 4.27. The number of nitrogens with one attached hydrogen (secondary N) is 2. The van der Waals surface area contributed by atoms with Gasteiger partial charge in [-0.1, -0.05) is 12.1 Å². The molecule has 0 aliphatic rings. The van der Waals surface area contributed by atoms with E-state index in [-0.39, 0.29) is 10.9 Å². The molecule has 0 fully saturated rings. The number of hydrogen-bond donors (Lipinski definition) is 2. The van der Waals surface area contributed by atoms with Crippen molar-refractivity contribution in [3.05, 3.63) is 62.4 Å². The lowest BCUT2D eigenvalue weighted by Gasteiger charge is -2.15. The number of nitrogens with zero attached hydrogens (tertiary/aromatic N) is 3. The van der Waals surface area contributed by atoms with Crippen molar-refractivity contribution in [3.8, 4) is 11.4 Å². The molecule has 0 aliphatic heterocycles. The third-order valence-corrected chi connectivity index (χ3v) is 6.09. The monoisotopic (exact) mass is 497 g/mol. The smallest absolute Gasteiger partial charge is 0.315 e. The van der Waals surface area contributed by atoms with E-state index in [9.17, 15) is 22.8 Å². The lowest BCUT2D eigenvalue weighted by molar-refractivity contribution is -0.136. The van der Waals surface area contributed by atoms with Crippen molar-refractivity contribution in [2.24, 2.45) is 0 Å². The normalized spacial score (nSPS) is 11.7. The number of benzene rings is 1. The summed E-state index contributed by atoms with van der Waals surface area (Å²) in [5.41, 5.74) is -1.48. The van der Waals surface area contributed by atoms with Gasteiger partial charge in [0.25, 0.3) is 5.56 Å². The van der Waals surface area contributed by atoms with Crippen LogP contribution in [0.15, 0.2) is 51.3 Å². The average molecular weight is 498 g/mol. The molecule has 1 amide bonds. The van der Waals surface area contributed by atoms with Crippen LogP contribution in [0.2, 0.25) is 0 Å². The zero-order chi connectivity index (χ0) is 21.5. The van der Waals surface area contributed by atoms with E-state index in [2.05, 4.69) is 36.4 Å². The average Bonchev–Trinajstić information content (AvgIpc) is 3.32. The molecule has 0 atom stereocenters. The topological polar surface area (TPSA) is 92.7 Å². The Morgan fingerprint density at radius 2 is 2.07 bits per heavy atom. The minimum atomic E-state index is -4.68. The summed E-state index contributed by atoms with van der Waals surface area (Å²) in [6.07, 6.45) is -3.37. The Bertz CT molecular complexity index is 1300. The number of carbonyl (C=O) groups is 1. The molecule has 3 aromatic heterocycles. The fourth-order valence-corrected chi connectivity index (χ4v) is 4.66. The number of para-hydroxylation sites is 1. The highest BCUT2D eigenvalue weighted by molar-refractivity contribution is 9.10. The van der Waals surface area contributed by atoms with E-state index >= 15 is 0 Å². The summed E-state index contributed by atoms with van der Waals surface area (Å²) in [5.74, 6) is -0.253. The zero-order valence-electron chi connectivity index (χ0n) is 14.8. The molecule has 0 saturated carbocycles. The molecule has 30 heavy (non-hydrogen) atoms. The van der Waals surface area contributed by atoms with E-state index in [1.165, 1.54) is 35.9 Å². The minimum Gasteiger partial charge on any atom is -0.315 e. The Kier molecular flexibility index (Phi) is 5.20. The maximum absolute atomic E-state index is 13.5. The van der Waals surface area contributed by atoms with E-state index in [0.717, 1.165) is 16.7 Å². The lowest BCUT2D eigenvalue weighted by atomic mass is 10.1. The Hall–Kier alpha value is -2.99. The molecule has 0 spiro atoms. The molecule has 7 nitrogen and oxygen atoms in total.